The summed E-state index contributed by atoms with van der Waals surface area (Å²) in [6.45, 7) is 1.50. The maximum Gasteiger partial charge on any atom is 0.137 e. The minimum absolute atomic E-state index is 0.138. The zero-order chi connectivity index (χ0) is 19.0. The highest BCUT2D eigenvalue weighted by molar-refractivity contribution is 7.98. The molecule has 0 radical (unpaired) electrons. The van der Waals surface area contributed by atoms with Crippen molar-refractivity contribution in [2.45, 2.75) is 35.8 Å². The maximum atomic E-state index is 6.50. The molecule has 144 valence electrons. The van der Waals surface area contributed by atoms with Crippen LogP contribution >= 0.6 is 11.8 Å². The highest BCUT2D eigenvalue weighted by atomic mass is 32.2. The van der Waals surface area contributed by atoms with Gasteiger partial charge >= 0.3 is 0 Å². The normalized spacial score (nSPS) is 20.5. The van der Waals surface area contributed by atoms with Crippen molar-refractivity contribution in [2.75, 3.05) is 24.8 Å². The molecule has 1 unspecified atom stereocenters. The summed E-state index contributed by atoms with van der Waals surface area (Å²) in [7, 11) is 0. The third-order valence-electron chi connectivity index (χ3n) is 5.75. The quantitative estimate of drug-likeness (QED) is 0.643. The SMILES string of the molecule is CSc1ccc2ncnc(NC3CC4(CCOCC4)Oc4ccccc43)c2c1. The molecular weight excluding hydrogens is 370 g/mol. The van der Waals surface area contributed by atoms with Crippen molar-refractivity contribution >= 4 is 28.5 Å². The molecule has 0 saturated carbocycles. The summed E-state index contributed by atoms with van der Waals surface area (Å²) in [6, 6.07) is 14.8. The minimum Gasteiger partial charge on any atom is -0.487 e. The number of anilines is 1. The molecule has 1 aromatic heterocycles. The van der Waals surface area contributed by atoms with Crippen LogP contribution in [0.4, 0.5) is 5.82 Å². The average molecular weight is 394 g/mol. The van der Waals surface area contributed by atoms with E-state index in [0.29, 0.717) is 0 Å². The second kappa shape index (κ2) is 7.26. The van der Waals surface area contributed by atoms with Crippen LogP contribution in [0.3, 0.4) is 0 Å². The standard InChI is InChI=1S/C22H23N3O2S/c1-28-15-6-7-18-17(12-15)21(24-14-23-18)25-19-13-22(8-10-26-11-9-22)27-20-5-3-2-4-16(19)20/h2-7,12,14,19H,8-11,13H2,1H3,(H,23,24,25). The van der Waals surface area contributed by atoms with Gasteiger partial charge in [0.05, 0.1) is 24.8 Å². The number of benzene rings is 2. The number of nitrogens with zero attached hydrogens (tertiary/aromatic N) is 2. The summed E-state index contributed by atoms with van der Waals surface area (Å²) in [6.07, 6.45) is 6.46. The lowest BCUT2D eigenvalue weighted by Crippen LogP contribution is -2.46. The Bertz CT molecular complexity index is 1000. The predicted molar refractivity (Wildman–Crippen MR) is 112 cm³/mol. The van der Waals surface area contributed by atoms with E-state index in [1.54, 1.807) is 18.1 Å². The van der Waals surface area contributed by atoms with E-state index < -0.39 is 0 Å². The molecule has 5 rings (SSSR count). The molecule has 2 aliphatic heterocycles. The molecule has 0 aliphatic carbocycles. The Kier molecular flexibility index (Phi) is 4.61. The van der Waals surface area contributed by atoms with Crippen LogP contribution in [-0.2, 0) is 4.74 Å². The molecule has 0 amide bonds. The lowest BCUT2D eigenvalue weighted by molar-refractivity contribution is -0.0608. The molecule has 1 atom stereocenters. The highest BCUT2D eigenvalue weighted by Gasteiger charge is 2.42. The van der Waals surface area contributed by atoms with E-state index in [2.05, 4.69) is 57.9 Å². The lowest BCUT2D eigenvalue weighted by atomic mass is 9.82. The van der Waals surface area contributed by atoms with Gasteiger partial charge in [-0.2, -0.15) is 0 Å². The molecule has 1 spiro atoms. The third-order valence-corrected chi connectivity index (χ3v) is 6.48. The molecule has 0 bridgehead atoms. The second-order valence-electron chi connectivity index (χ2n) is 7.44. The minimum atomic E-state index is -0.169. The Hall–Kier alpha value is -2.31. The molecule has 28 heavy (non-hydrogen) atoms. The summed E-state index contributed by atoms with van der Waals surface area (Å²) >= 11 is 1.73. The van der Waals surface area contributed by atoms with Gasteiger partial charge in [0.2, 0.25) is 0 Å². The summed E-state index contributed by atoms with van der Waals surface area (Å²) in [5.74, 6) is 1.85. The Morgan fingerprint density at radius 2 is 1.96 bits per heavy atom. The molecule has 1 fully saturated rings. The number of fused-ring (bicyclic) bond motifs is 2. The number of hydrogen-bond donors (Lipinski definition) is 1. The fourth-order valence-corrected chi connectivity index (χ4v) is 4.68. The van der Waals surface area contributed by atoms with E-state index in [1.165, 1.54) is 10.5 Å². The summed E-state index contributed by atoms with van der Waals surface area (Å²) in [4.78, 5) is 10.2. The van der Waals surface area contributed by atoms with Gasteiger partial charge in [-0.15, -0.1) is 11.8 Å². The topological polar surface area (TPSA) is 56.3 Å². The van der Waals surface area contributed by atoms with Crippen molar-refractivity contribution in [3.8, 4) is 5.75 Å². The van der Waals surface area contributed by atoms with E-state index in [4.69, 9.17) is 9.47 Å². The van der Waals surface area contributed by atoms with E-state index in [0.717, 1.165) is 54.9 Å². The fourth-order valence-electron chi connectivity index (χ4n) is 4.24. The van der Waals surface area contributed by atoms with Crippen LogP contribution in [0.2, 0.25) is 0 Å². The number of thioether (sulfide) groups is 1. The number of aromatic nitrogens is 2. The summed E-state index contributed by atoms with van der Waals surface area (Å²) < 4.78 is 12.1. The summed E-state index contributed by atoms with van der Waals surface area (Å²) in [5, 5.41) is 4.78. The van der Waals surface area contributed by atoms with Crippen LogP contribution < -0.4 is 10.1 Å². The first kappa shape index (κ1) is 17.8. The van der Waals surface area contributed by atoms with E-state index in [9.17, 15) is 0 Å². The second-order valence-corrected chi connectivity index (χ2v) is 8.32. The van der Waals surface area contributed by atoms with Gasteiger partial charge in [0.1, 0.15) is 23.5 Å². The van der Waals surface area contributed by atoms with Crippen molar-refractivity contribution in [3.63, 3.8) is 0 Å². The monoisotopic (exact) mass is 393 g/mol. The van der Waals surface area contributed by atoms with Crippen LogP contribution in [0.5, 0.6) is 5.75 Å². The lowest BCUT2D eigenvalue weighted by Gasteiger charge is -2.44. The van der Waals surface area contributed by atoms with Crippen molar-refractivity contribution in [2.24, 2.45) is 0 Å². The molecule has 1 saturated heterocycles. The smallest absolute Gasteiger partial charge is 0.137 e. The highest BCUT2D eigenvalue weighted by Crippen LogP contribution is 2.45. The molecule has 5 nitrogen and oxygen atoms in total. The fraction of sp³-hybridized carbons (Fsp3) is 0.364. The van der Waals surface area contributed by atoms with Gasteiger partial charge in [-0.3, -0.25) is 0 Å². The van der Waals surface area contributed by atoms with Gasteiger partial charge in [0.25, 0.3) is 0 Å². The first-order valence-electron chi connectivity index (χ1n) is 9.67. The zero-order valence-electron chi connectivity index (χ0n) is 15.9. The molecule has 3 heterocycles. The van der Waals surface area contributed by atoms with Gasteiger partial charge in [-0.25, -0.2) is 9.97 Å². The first-order chi connectivity index (χ1) is 13.8. The van der Waals surface area contributed by atoms with Gasteiger partial charge in [-0.1, -0.05) is 18.2 Å². The van der Waals surface area contributed by atoms with Crippen molar-refractivity contribution in [1.29, 1.82) is 0 Å². The van der Waals surface area contributed by atoms with Crippen LogP contribution in [0, 0.1) is 0 Å². The molecule has 6 heteroatoms. The number of ether oxygens (including phenoxy) is 2. The van der Waals surface area contributed by atoms with Crippen molar-refractivity contribution < 1.29 is 9.47 Å². The van der Waals surface area contributed by atoms with Crippen molar-refractivity contribution in [1.82, 2.24) is 9.97 Å². The molecule has 2 aromatic carbocycles. The van der Waals surface area contributed by atoms with Gasteiger partial charge in [0, 0.05) is 35.1 Å². The molecule has 2 aliphatic rings. The molecule has 1 N–H and O–H groups in total. The largest absolute Gasteiger partial charge is 0.487 e. The van der Waals surface area contributed by atoms with Crippen LogP contribution in [0.25, 0.3) is 10.9 Å². The van der Waals surface area contributed by atoms with E-state index >= 15 is 0 Å². The maximum absolute atomic E-state index is 6.50. The zero-order valence-corrected chi connectivity index (χ0v) is 16.7. The van der Waals surface area contributed by atoms with Gasteiger partial charge in [0.15, 0.2) is 0 Å². The van der Waals surface area contributed by atoms with E-state index in [1.807, 2.05) is 6.07 Å². The van der Waals surface area contributed by atoms with Crippen LogP contribution in [0.15, 0.2) is 53.7 Å². The molecule has 3 aromatic rings. The number of para-hydroxylation sites is 1. The van der Waals surface area contributed by atoms with Gasteiger partial charge in [-0.05, 0) is 30.5 Å². The van der Waals surface area contributed by atoms with Gasteiger partial charge < -0.3 is 14.8 Å². The average Bonchev–Trinajstić information content (AvgIpc) is 2.74. The Morgan fingerprint density at radius 1 is 1.11 bits per heavy atom. The Morgan fingerprint density at radius 3 is 2.82 bits per heavy atom. The van der Waals surface area contributed by atoms with E-state index in [-0.39, 0.29) is 11.6 Å². The third kappa shape index (κ3) is 3.20. The predicted octanol–water partition coefficient (Wildman–Crippen LogP) is 4.84. The number of hydrogen-bond acceptors (Lipinski definition) is 6. The number of nitrogens with one attached hydrogen (secondary N) is 1. The Balaban J connectivity index is 1.54. The molecular formula is C22H23N3O2S. The Labute approximate surface area is 168 Å². The summed E-state index contributed by atoms with van der Waals surface area (Å²) in [5.41, 5.74) is 1.97. The van der Waals surface area contributed by atoms with Crippen LogP contribution in [-0.4, -0.2) is 35.0 Å². The van der Waals surface area contributed by atoms with Crippen LogP contribution in [0.1, 0.15) is 30.9 Å². The first-order valence-corrected chi connectivity index (χ1v) is 10.9. The van der Waals surface area contributed by atoms with Crippen molar-refractivity contribution in [3.05, 3.63) is 54.4 Å². The number of rotatable bonds is 3.